The van der Waals surface area contributed by atoms with E-state index in [-0.39, 0.29) is 9.92 Å². The molecule has 0 amide bonds. The van der Waals surface area contributed by atoms with E-state index in [2.05, 4.69) is 0 Å². The molecule has 0 spiro atoms. The fourth-order valence-electron chi connectivity index (χ4n) is 1.27. The summed E-state index contributed by atoms with van der Waals surface area (Å²) in [6, 6.07) is 4.36. The van der Waals surface area contributed by atoms with Crippen molar-refractivity contribution in [3.63, 3.8) is 0 Å². The molecule has 0 aliphatic heterocycles. The Morgan fingerprint density at radius 3 is 2.58 bits per heavy atom. The minimum Gasteiger partial charge on any atom is -0.479 e. The summed E-state index contributed by atoms with van der Waals surface area (Å²) >= 11 is 5.82. The summed E-state index contributed by atoms with van der Waals surface area (Å²) in [6.07, 6.45) is 0. The average Bonchev–Trinajstić information content (AvgIpc) is 2.30. The van der Waals surface area contributed by atoms with Crippen molar-refractivity contribution in [3.8, 4) is 0 Å². The molecular formula is C11H14ClNO5S. The maximum Gasteiger partial charge on any atom is 0.336 e. The molecule has 19 heavy (non-hydrogen) atoms. The standard InChI is InChI=1S/C11H14ClNO5S/c1-7-8(12)4-3-5-9(7)19(17,18)13-6-11(2,16)10(14)15/h3-5,13,16H,6H2,1-2H3,(H,14,15). The molecule has 1 rings (SSSR count). The van der Waals surface area contributed by atoms with Gasteiger partial charge in [0.15, 0.2) is 5.60 Å². The summed E-state index contributed by atoms with van der Waals surface area (Å²) < 4.78 is 26.0. The molecule has 0 saturated carbocycles. The van der Waals surface area contributed by atoms with Crippen LogP contribution in [0.5, 0.6) is 0 Å². The van der Waals surface area contributed by atoms with Gasteiger partial charge < -0.3 is 10.2 Å². The lowest BCUT2D eigenvalue weighted by atomic mass is 10.1. The van der Waals surface area contributed by atoms with Gasteiger partial charge in [-0.1, -0.05) is 17.7 Å². The fraction of sp³-hybridized carbons (Fsp3) is 0.364. The van der Waals surface area contributed by atoms with Crippen molar-refractivity contribution in [2.45, 2.75) is 24.3 Å². The first-order valence-electron chi connectivity index (χ1n) is 5.28. The van der Waals surface area contributed by atoms with Gasteiger partial charge in [0.25, 0.3) is 0 Å². The van der Waals surface area contributed by atoms with Crippen molar-refractivity contribution in [2.24, 2.45) is 0 Å². The highest BCUT2D eigenvalue weighted by molar-refractivity contribution is 7.89. The number of nitrogens with one attached hydrogen (secondary N) is 1. The van der Waals surface area contributed by atoms with Crippen LogP contribution in [0.4, 0.5) is 0 Å². The molecule has 0 aliphatic rings. The molecule has 6 nitrogen and oxygen atoms in total. The van der Waals surface area contributed by atoms with Crippen LogP contribution in [-0.2, 0) is 14.8 Å². The zero-order valence-corrected chi connectivity index (χ0v) is 11.9. The number of aliphatic carboxylic acids is 1. The maximum absolute atomic E-state index is 12.0. The second kappa shape index (κ2) is 5.46. The summed E-state index contributed by atoms with van der Waals surface area (Å²) in [5.74, 6) is -1.52. The molecule has 1 unspecified atom stereocenters. The molecular weight excluding hydrogens is 294 g/mol. The van der Waals surface area contributed by atoms with Gasteiger partial charge in [0.05, 0.1) is 11.4 Å². The SMILES string of the molecule is Cc1c(Cl)cccc1S(=O)(=O)NCC(C)(O)C(=O)O. The molecule has 0 saturated heterocycles. The van der Waals surface area contributed by atoms with Gasteiger partial charge in [-0.05, 0) is 31.5 Å². The van der Waals surface area contributed by atoms with Crippen molar-refractivity contribution in [1.29, 1.82) is 0 Å². The number of carbonyl (C=O) groups is 1. The van der Waals surface area contributed by atoms with Gasteiger partial charge in [0, 0.05) is 5.02 Å². The van der Waals surface area contributed by atoms with Gasteiger partial charge in [-0.25, -0.2) is 17.9 Å². The number of carboxylic acids is 1. The van der Waals surface area contributed by atoms with Crippen LogP contribution in [0.2, 0.25) is 5.02 Å². The predicted octanol–water partition coefficient (Wildman–Crippen LogP) is 0.762. The number of carboxylic acid groups (broad SMARTS) is 1. The number of hydrogen-bond acceptors (Lipinski definition) is 4. The van der Waals surface area contributed by atoms with Crippen LogP contribution in [0.1, 0.15) is 12.5 Å². The smallest absolute Gasteiger partial charge is 0.336 e. The summed E-state index contributed by atoms with van der Waals surface area (Å²) in [4.78, 5) is 10.6. The third kappa shape index (κ3) is 3.66. The molecule has 1 aromatic rings. The lowest BCUT2D eigenvalue weighted by molar-refractivity contribution is -0.155. The third-order valence-corrected chi connectivity index (χ3v) is 4.53. The first-order chi connectivity index (χ1) is 8.58. The van der Waals surface area contributed by atoms with Crippen LogP contribution in [0.15, 0.2) is 23.1 Å². The van der Waals surface area contributed by atoms with E-state index < -0.39 is 28.1 Å². The monoisotopic (exact) mass is 307 g/mol. The van der Waals surface area contributed by atoms with E-state index in [1.807, 2.05) is 4.72 Å². The summed E-state index contributed by atoms with van der Waals surface area (Å²) in [6.45, 7) is 1.89. The molecule has 0 aromatic heterocycles. The lowest BCUT2D eigenvalue weighted by Gasteiger charge is -2.19. The van der Waals surface area contributed by atoms with E-state index >= 15 is 0 Å². The number of rotatable bonds is 5. The van der Waals surface area contributed by atoms with Crippen LogP contribution in [0.3, 0.4) is 0 Å². The normalized spacial score (nSPS) is 14.9. The number of benzene rings is 1. The number of sulfonamides is 1. The predicted molar refractivity (Wildman–Crippen MR) is 69.6 cm³/mol. The minimum absolute atomic E-state index is 0.0545. The quantitative estimate of drug-likeness (QED) is 0.745. The number of halogens is 1. The topological polar surface area (TPSA) is 104 Å². The van der Waals surface area contributed by atoms with Gasteiger partial charge >= 0.3 is 5.97 Å². The lowest BCUT2D eigenvalue weighted by Crippen LogP contribution is -2.46. The van der Waals surface area contributed by atoms with Crippen molar-refractivity contribution in [3.05, 3.63) is 28.8 Å². The van der Waals surface area contributed by atoms with Gasteiger partial charge in [-0.2, -0.15) is 0 Å². The Bertz CT molecular complexity index is 597. The first kappa shape index (κ1) is 15.9. The van der Waals surface area contributed by atoms with Gasteiger partial charge in [0.1, 0.15) is 0 Å². The molecule has 8 heteroatoms. The fourth-order valence-corrected chi connectivity index (χ4v) is 2.90. The molecule has 1 aromatic carbocycles. The van der Waals surface area contributed by atoms with Crippen LogP contribution >= 0.6 is 11.6 Å². The second-order valence-electron chi connectivity index (χ2n) is 4.27. The van der Waals surface area contributed by atoms with E-state index in [0.29, 0.717) is 5.56 Å². The van der Waals surface area contributed by atoms with Crippen LogP contribution in [-0.4, -0.2) is 36.7 Å². The van der Waals surface area contributed by atoms with Gasteiger partial charge in [0.2, 0.25) is 10.0 Å². The van der Waals surface area contributed by atoms with E-state index in [1.54, 1.807) is 6.07 Å². The Labute approximate surface area is 116 Å². The summed E-state index contributed by atoms with van der Waals surface area (Å²) in [7, 11) is -3.94. The van der Waals surface area contributed by atoms with E-state index in [4.69, 9.17) is 16.7 Å². The van der Waals surface area contributed by atoms with E-state index in [1.165, 1.54) is 19.1 Å². The average molecular weight is 308 g/mol. The van der Waals surface area contributed by atoms with Crippen molar-refractivity contribution in [1.82, 2.24) is 4.72 Å². The Kier molecular flexibility index (Phi) is 4.57. The molecule has 0 radical (unpaired) electrons. The highest BCUT2D eigenvalue weighted by Crippen LogP contribution is 2.22. The second-order valence-corrected chi connectivity index (χ2v) is 6.41. The molecule has 3 N–H and O–H groups in total. The zero-order valence-electron chi connectivity index (χ0n) is 10.3. The summed E-state index contributed by atoms with van der Waals surface area (Å²) in [5, 5.41) is 18.5. The highest BCUT2D eigenvalue weighted by atomic mass is 35.5. The van der Waals surface area contributed by atoms with Crippen molar-refractivity contribution < 1.29 is 23.4 Å². The first-order valence-corrected chi connectivity index (χ1v) is 7.14. The Balaban J connectivity index is 3.01. The largest absolute Gasteiger partial charge is 0.479 e. The molecule has 106 valence electrons. The molecule has 1 atom stereocenters. The van der Waals surface area contributed by atoms with Crippen molar-refractivity contribution in [2.75, 3.05) is 6.54 Å². The van der Waals surface area contributed by atoms with Crippen LogP contribution < -0.4 is 4.72 Å². The molecule has 0 fully saturated rings. The number of hydrogen-bond donors (Lipinski definition) is 3. The third-order valence-electron chi connectivity index (χ3n) is 2.57. The summed E-state index contributed by atoms with van der Waals surface area (Å²) in [5.41, 5.74) is -1.83. The molecule has 0 aliphatic carbocycles. The Morgan fingerprint density at radius 1 is 1.47 bits per heavy atom. The van der Waals surface area contributed by atoms with Crippen LogP contribution in [0.25, 0.3) is 0 Å². The molecule has 0 bridgehead atoms. The maximum atomic E-state index is 12.0. The Hall–Kier alpha value is -1.15. The van der Waals surface area contributed by atoms with E-state index in [0.717, 1.165) is 6.92 Å². The Morgan fingerprint density at radius 2 is 2.05 bits per heavy atom. The number of aliphatic hydroxyl groups is 1. The van der Waals surface area contributed by atoms with Gasteiger partial charge in [-0.3, -0.25) is 0 Å². The highest BCUT2D eigenvalue weighted by Gasteiger charge is 2.32. The zero-order chi connectivity index (χ0) is 14.8. The van der Waals surface area contributed by atoms with Gasteiger partial charge in [-0.15, -0.1) is 0 Å². The molecule has 0 heterocycles. The van der Waals surface area contributed by atoms with Crippen LogP contribution in [0, 0.1) is 6.92 Å². The minimum atomic E-state index is -3.94. The van der Waals surface area contributed by atoms with Crippen molar-refractivity contribution >= 4 is 27.6 Å². The van der Waals surface area contributed by atoms with E-state index in [9.17, 15) is 18.3 Å².